The molecule has 2 heteroatoms. The van der Waals surface area contributed by atoms with Gasteiger partial charge in [0.25, 0.3) is 0 Å². The minimum atomic E-state index is -0.359. The number of benzene rings is 1. The number of anilines is 1. The van der Waals surface area contributed by atoms with Crippen molar-refractivity contribution in [3.8, 4) is 0 Å². The zero-order chi connectivity index (χ0) is 11.8. The Morgan fingerprint density at radius 1 is 1.12 bits per heavy atom. The van der Waals surface area contributed by atoms with Crippen molar-refractivity contribution in [3.05, 3.63) is 29.8 Å². The van der Waals surface area contributed by atoms with Crippen LogP contribution in [0, 0.1) is 11.8 Å². The van der Waals surface area contributed by atoms with Crippen molar-refractivity contribution in [2.45, 2.75) is 32.3 Å². The number of hydrogen-bond acceptors (Lipinski definition) is 2. The van der Waals surface area contributed by atoms with E-state index in [1.54, 1.807) is 0 Å². The molecule has 0 spiro atoms. The van der Waals surface area contributed by atoms with Gasteiger partial charge < -0.3 is 10.0 Å². The first kappa shape index (κ1) is 11.1. The molecule has 2 aliphatic rings. The number of aliphatic hydroxyl groups is 1. The summed E-state index contributed by atoms with van der Waals surface area (Å²) in [6.45, 7) is 4.28. The Balaban J connectivity index is 1.73. The smallest absolute Gasteiger partial charge is 0.0761 e. The van der Waals surface area contributed by atoms with E-state index in [1.807, 2.05) is 19.1 Å². The SMILES string of the molecule is CC(O)c1ccc(N2CC3CCCC3C2)cc1. The Labute approximate surface area is 103 Å². The summed E-state index contributed by atoms with van der Waals surface area (Å²) in [7, 11) is 0. The maximum absolute atomic E-state index is 9.50. The molecule has 1 heterocycles. The quantitative estimate of drug-likeness (QED) is 0.846. The highest BCUT2D eigenvalue weighted by Crippen LogP contribution is 2.39. The molecule has 1 N–H and O–H groups in total. The summed E-state index contributed by atoms with van der Waals surface area (Å²) < 4.78 is 0. The molecule has 1 saturated carbocycles. The Kier molecular flexibility index (Phi) is 2.83. The third-order valence-electron chi connectivity index (χ3n) is 4.47. The second-order valence-electron chi connectivity index (χ2n) is 5.62. The molecular formula is C15H21NO. The standard InChI is InChI=1S/C15H21NO/c1-11(17)12-5-7-15(8-6-12)16-9-13-3-2-4-14(13)10-16/h5-8,11,13-14,17H,2-4,9-10H2,1H3. The monoisotopic (exact) mass is 231 g/mol. The highest BCUT2D eigenvalue weighted by molar-refractivity contribution is 5.49. The summed E-state index contributed by atoms with van der Waals surface area (Å²) in [4.78, 5) is 2.51. The highest BCUT2D eigenvalue weighted by atomic mass is 16.3. The van der Waals surface area contributed by atoms with E-state index in [9.17, 15) is 5.11 Å². The normalized spacial score (nSPS) is 29.4. The molecule has 1 aliphatic carbocycles. The summed E-state index contributed by atoms with van der Waals surface area (Å²) in [6, 6.07) is 8.41. The van der Waals surface area contributed by atoms with Crippen LogP contribution in [0.2, 0.25) is 0 Å². The predicted octanol–water partition coefficient (Wildman–Crippen LogP) is 2.98. The molecule has 1 aliphatic heterocycles. The molecule has 0 bridgehead atoms. The first-order chi connectivity index (χ1) is 8.24. The predicted molar refractivity (Wildman–Crippen MR) is 70.1 cm³/mol. The minimum Gasteiger partial charge on any atom is -0.389 e. The first-order valence-electron chi connectivity index (χ1n) is 6.77. The fourth-order valence-corrected chi connectivity index (χ4v) is 3.41. The van der Waals surface area contributed by atoms with Gasteiger partial charge in [0.05, 0.1) is 6.10 Å². The zero-order valence-corrected chi connectivity index (χ0v) is 10.5. The van der Waals surface area contributed by atoms with Crippen LogP contribution in [0.3, 0.4) is 0 Å². The summed E-state index contributed by atoms with van der Waals surface area (Å²) in [6.07, 6.45) is 3.92. The molecule has 17 heavy (non-hydrogen) atoms. The molecule has 3 atom stereocenters. The van der Waals surface area contributed by atoms with Gasteiger partial charge in [-0.1, -0.05) is 18.6 Å². The Bertz CT molecular complexity index is 372. The van der Waals surface area contributed by atoms with Crippen LogP contribution >= 0.6 is 0 Å². The number of nitrogens with zero attached hydrogens (tertiary/aromatic N) is 1. The second-order valence-corrected chi connectivity index (χ2v) is 5.62. The largest absolute Gasteiger partial charge is 0.389 e. The van der Waals surface area contributed by atoms with E-state index in [4.69, 9.17) is 0 Å². The van der Waals surface area contributed by atoms with Crippen LogP contribution in [-0.4, -0.2) is 18.2 Å². The van der Waals surface area contributed by atoms with Gasteiger partial charge in [-0.25, -0.2) is 0 Å². The van der Waals surface area contributed by atoms with Gasteiger partial charge in [0.1, 0.15) is 0 Å². The molecule has 2 nitrogen and oxygen atoms in total. The van der Waals surface area contributed by atoms with Gasteiger partial charge in [0, 0.05) is 18.8 Å². The molecule has 92 valence electrons. The van der Waals surface area contributed by atoms with Gasteiger partial charge in [-0.3, -0.25) is 0 Å². The van der Waals surface area contributed by atoms with Crippen LogP contribution in [0.5, 0.6) is 0 Å². The zero-order valence-electron chi connectivity index (χ0n) is 10.5. The van der Waals surface area contributed by atoms with E-state index in [0.29, 0.717) is 0 Å². The lowest BCUT2D eigenvalue weighted by atomic mass is 10.0. The van der Waals surface area contributed by atoms with E-state index in [-0.39, 0.29) is 6.10 Å². The Hall–Kier alpha value is -1.02. The third-order valence-corrected chi connectivity index (χ3v) is 4.47. The van der Waals surface area contributed by atoms with E-state index < -0.39 is 0 Å². The molecule has 3 rings (SSSR count). The van der Waals surface area contributed by atoms with E-state index in [2.05, 4.69) is 17.0 Å². The first-order valence-corrected chi connectivity index (χ1v) is 6.77. The van der Waals surface area contributed by atoms with Crippen LogP contribution in [0.15, 0.2) is 24.3 Å². The minimum absolute atomic E-state index is 0.359. The van der Waals surface area contributed by atoms with Crippen LogP contribution < -0.4 is 4.90 Å². The van der Waals surface area contributed by atoms with Gasteiger partial charge in [-0.15, -0.1) is 0 Å². The van der Waals surface area contributed by atoms with Crippen molar-refractivity contribution in [1.29, 1.82) is 0 Å². The highest BCUT2D eigenvalue weighted by Gasteiger charge is 2.35. The lowest BCUT2D eigenvalue weighted by Gasteiger charge is -2.20. The van der Waals surface area contributed by atoms with E-state index in [1.165, 1.54) is 38.0 Å². The van der Waals surface area contributed by atoms with Crippen molar-refractivity contribution < 1.29 is 5.11 Å². The summed E-state index contributed by atoms with van der Waals surface area (Å²) in [5, 5.41) is 9.50. The summed E-state index contributed by atoms with van der Waals surface area (Å²) in [5.41, 5.74) is 2.33. The molecule has 1 aromatic rings. The molecule has 0 aromatic heterocycles. The van der Waals surface area contributed by atoms with Gasteiger partial charge in [0.2, 0.25) is 0 Å². The molecule has 0 amide bonds. The molecule has 3 unspecified atom stereocenters. The van der Waals surface area contributed by atoms with Crippen LogP contribution in [0.1, 0.15) is 37.9 Å². The van der Waals surface area contributed by atoms with Gasteiger partial charge >= 0.3 is 0 Å². The van der Waals surface area contributed by atoms with E-state index >= 15 is 0 Å². The van der Waals surface area contributed by atoms with Crippen molar-refractivity contribution >= 4 is 5.69 Å². The van der Waals surface area contributed by atoms with Crippen LogP contribution in [0.4, 0.5) is 5.69 Å². The fraction of sp³-hybridized carbons (Fsp3) is 0.600. The molecule has 2 fully saturated rings. The Morgan fingerprint density at radius 2 is 1.71 bits per heavy atom. The van der Waals surface area contributed by atoms with Crippen molar-refractivity contribution in [1.82, 2.24) is 0 Å². The number of aliphatic hydroxyl groups excluding tert-OH is 1. The molecule has 0 radical (unpaired) electrons. The van der Waals surface area contributed by atoms with Gasteiger partial charge in [-0.2, -0.15) is 0 Å². The molecular weight excluding hydrogens is 210 g/mol. The average molecular weight is 231 g/mol. The summed E-state index contributed by atoms with van der Waals surface area (Å²) in [5.74, 6) is 1.87. The van der Waals surface area contributed by atoms with E-state index in [0.717, 1.165) is 17.4 Å². The van der Waals surface area contributed by atoms with Gasteiger partial charge in [0.15, 0.2) is 0 Å². The number of hydrogen-bond donors (Lipinski definition) is 1. The topological polar surface area (TPSA) is 23.5 Å². The van der Waals surface area contributed by atoms with Crippen LogP contribution in [0.25, 0.3) is 0 Å². The average Bonchev–Trinajstić information content (AvgIpc) is 2.89. The third kappa shape index (κ3) is 2.06. The van der Waals surface area contributed by atoms with Crippen LogP contribution in [-0.2, 0) is 0 Å². The number of fused-ring (bicyclic) bond motifs is 1. The maximum atomic E-state index is 9.50. The van der Waals surface area contributed by atoms with Gasteiger partial charge in [-0.05, 0) is 49.3 Å². The van der Waals surface area contributed by atoms with Crippen molar-refractivity contribution in [3.63, 3.8) is 0 Å². The maximum Gasteiger partial charge on any atom is 0.0761 e. The molecule has 1 aromatic carbocycles. The fourth-order valence-electron chi connectivity index (χ4n) is 3.41. The summed E-state index contributed by atoms with van der Waals surface area (Å²) >= 11 is 0. The lowest BCUT2D eigenvalue weighted by Crippen LogP contribution is -2.20. The number of rotatable bonds is 2. The molecule has 1 saturated heterocycles. The van der Waals surface area contributed by atoms with Crippen molar-refractivity contribution in [2.24, 2.45) is 11.8 Å². The lowest BCUT2D eigenvalue weighted by molar-refractivity contribution is 0.199. The Morgan fingerprint density at radius 3 is 2.24 bits per heavy atom. The second kappa shape index (κ2) is 4.34. The van der Waals surface area contributed by atoms with Crippen molar-refractivity contribution in [2.75, 3.05) is 18.0 Å².